The van der Waals surface area contributed by atoms with Crippen LogP contribution in [0.2, 0.25) is 0 Å². The van der Waals surface area contributed by atoms with Crippen LogP contribution in [0.1, 0.15) is 39.8 Å². The molecule has 92 valence electrons. The molecular weight excluding hydrogens is 196 g/mol. The second-order valence-electron chi connectivity index (χ2n) is 5.98. The van der Waals surface area contributed by atoms with E-state index in [1.54, 1.807) is 0 Å². The monoisotopic (exact) mass is 222 g/mol. The van der Waals surface area contributed by atoms with Gasteiger partial charge in [-0.05, 0) is 29.9 Å². The van der Waals surface area contributed by atoms with E-state index in [4.69, 9.17) is 0 Å². The largest absolute Gasteiger partial charge is 0.353 e. The third kappa shape index (κ3) is 4.40. The zero-order valence-electron chi connectivity index (χ0n) is 11.4. The molecule has 16 heavy (non-hydrogen) atoms. The molecule has 1 N–H and O–H groups in total. The van der Waals surface area contributed by atoms with Gasteiger partial charge in [0.2, 0.25) is 0 Å². The summed E-state index contributed by atoms with van der Waals surface area (Å²) in [5.74, 6) is 0.770. The van der Waals surface area contributed by atoms with Crippen molar-refractivity contribution in [2.75, 3.05) is 6.54 Å². The maximum absolute atomic E-state index is 3.55. The van der Waals surface area contributed by atoms with E-state index < -0.39 is 0 Å². The number of nitrogens with zero attached hydrogens (tertiary/aromatic N) is 1. The van der Waals surface area contributed by atoms with Gasteiger partial charge in [-0.25, -0.2) is 0 Å². The molecule has 0 saturated carbocycles. The van der Waals surface area contributed by atoms with Crippen molar-refractivity contribution in [1.29, 1.82) is 0 Å². The highest BCUT2D eigenvalue weighted by Gasteiger charge is 2.18. The van der Waals surface area contributed by atoms with Gasteiger partial charge in [-0.3, -0.25) is 0 Å². The molecule has 0 amide bonds. The molecule has 1 aromatic heterocycles. The first-order chi connectivity index (χ1) is 7.41. The van der Waals surface area contributed by atoms with Crippen LogP contribution in [0.25, 0.3) is 0 Å². The molecule has 0 atom stereocenters. The Kier molecular flexibility index (Phi) is 4.60. The average Bonchev–Trinajstić information content (AvgIpc) is 2.49. The number of rotatable bonds is 6. The van der Waals surface area contributed by atoms with Crippen molar-refractivity contribution in [1.82, 2.24) is 9.88 Å². The Morgan fingerprint density at radius 3 is 2.56 bits per heavy atom. The van der Waals surface area contributed by atoms with Crippen molar-refractivity contribution >= 4 is 0 Å². The maximum Gasteiger partial charge on any atom is 0.0359 e. The van der Waals surface area contributed by atoms with Crippen LogP contribution in [0.5, 0.6) is 0 Å². The molecule has 2 nitrogen and oxygen atoms in total. The minimum absolute atomic E-state index is 0.388. The molecule has 0 fully saturated rings. The van der Waals surface area contributed by atoms with Gasteiger partial charge < -0.3 is 9.88 Å². The van der Waals surface area contributed by atoms with E-state index in [1.165, 1.54) is 12.1 Å². The Balaban J connectivity index is 2.32. The zero-order valence-corrected chi connectivity index (χ0v) is 11.4. The van der Waals surface area contributed by atoms with Gasteiger partial charge in [0.15, 0.2) is 0 Å². The van der Waals surface area contributed by atoms with Gasteiger partial charge in [0.1, 0.15) is 0 Å². The summed E-state index contributed by atoms with van der Waals surface area (Å²) in [5, 5.41) is 3.55. The Morgan fingerprint density at radius 1 is 1.38 bits per heavy atom. The fraction of sp³-hybridized carbons (Fsp3) is 0.714. The Bertz CT molecular complexity index is 310. The van der Waals surface area contributed by atoms with Crippen LogP contribution < -0.4 is 5.32 Å². The lowest BCUT2D eigenvalue weighted by Crippen LogP contribution is -2.30. The van der Waals surface area contributed by atoms with E-state index in [2.05, 4.69) is 63.0 Å². The molecule has 0 radical (unpaired) electrons. The minimum Gasteiger partial charge on any atom is -0.353 e. The number of aryl methyl sites for hydroxylation is 1. The van der Waals surface area contributed by atoms with Crippen LogP contribution in [0.3, 0.4) is 0 Å². The molecule has 0 bridgehead atoms. The Labute approximate surface area is 100 Å². The predicted octanol–water partition coefficient (Wildman–Crippen LogP) is 3.19. The third-order valence-electron chi connectivity index (χ3n) is 2.92. The van der Waals surface area contributed by atoms with Crippen LogP contribution in [-0.2, 0) is 13.6 Å². The highest BCUT2D eigenvalue weighted by Crippen LogP contribution is 2.24. The summed E-state index contributed by atoms with van der Waals surface area (Å²) in [4.78, 5) is 0. The van der Waals surface area contributed by atoms with E-state index in [1.807, 2.05) is 0 Å². The summed E-state index contributed by atoms with van der Waals surface area (Å²) < 4.78 is 2.17. The second-order valence-corrected chi connectivity index (χ2v) is 5.98. The van der Waals surface area contributed by atoms with Gasteiger partial charge in [0, 0.05) is 32.0 Å². The topological polar surface area (TPSA) is 17.0 Å². The number of nitrogens with one attached hydrogen (secondary N) is 1. The van der Waals surface area contributed by atoms with Gasteiger partial charge in [-0.15, -0.1) is 0 Å². The fourth-order valence-corrected chi connectivity index (χ4v) is 2.39. The van der Waals surface area contributed by atoms with E-state index in [0.717, 1.165) is 19.0 Å². The van der Waals surface area contributed by atoms with Crippen LogP contribution in [0, 0.1) is 11.3 Å². The van der Waals surface area contributed by atoms with Crippen molar-refractivity contribution in [2.45, 2.75) is 40.7 Å². The van der Waals surface area contributed by atoms with Crippen molar-refractivity contribution in [2.24, 2.45) is 18.4 Å². The van der Waals surface area contributed by atoms with E-state index in [0.29, 0.717) is 5.41 Å². The summed E-state index contributed by atoms with van der Waals surface area (Å²) in [5.41, 5.74) is 1.74. The third-order valence-corrected chi connectivity index (χ3v) is 2.92. The first kappa shape index (κ1) is 13.3. The lowest BCUT2D eigenvalue weighted by Gasteiger charge is -2.27. The zero-order chi connectivity index (χ0) is 12.2. The molecule has 1 rings (SSSR count). The second kappa shape index (κ2) is 5.53. The molecule has 1 heterocycles. The number of aromatic nitrogens is 1. The maximum atomic E-state index is 3.55. The van der Waals surface area contributed by atoms with Crippen LogP contribution in [-0.4, -0.2) is 11.1 Å². The van der Waals surface area contributed by atoms with E-state index >= 15 is 0 Å². The highest BCUT2D eigenvalue weighted by molar-refractivity contribution is 5.05. The molecule has 0 aromatic carbocycles. The summed E-state index contributed by atoms with van der Waals surface area (Å²) in [6.07, 6.45) is 3.36. The molecule has 0 aliphatic rings. The lowest BCUT2D eigenvalue weighted by atomic mass is 9.84. The average molecular weight is 222 g/mol. The lowest BCUT2D eigenvalue weighted by molar-refractivity contribution is 0.272. The SMILES string of the molecule is CC(C)CC(C)(C)CNCc1cccn1C. The highest BCUT2D eigenvalue weighted by atomic mass is 15.0. The van der Waals surface area contributed by atoms with Crippen molar-refractivity contribution < 1.29 is 0 Å². The standard InChI is InChI=1S/C14H26N2/c1-12(2)9-14(3,4)11-15-10-13-7-6-8-16(13)5/h6-8,12,15H,9-11H2,1-5H3. The Morgan fingerprint density at radius 2 is 2.06 bits per heavy atom. The molecule has 0 saturated heterocycles. The van der Waals surface area contributed by atoms with Gasteiger partial charge in [-0.2, -0.15) is 0 Å². The van der Waals surface area contributed by atoms with Crippen LogP contribution >= 0.6 is 0 Å². The first-order valence-electron chi connectivity index (χ1n) is 6.22. The van der Waals surface area contributed by atoms with E-state index in [-0.39, 0.29) is 0 Å². The minimum atomic E-state index is 0.388. The first-order valence-corrected chi connectivity index (χ1v) is 6.22. The smallest absolute Gasteiger partial charge is 0.0359 e. The molecular formula is C14H26N2. The summed E-state index contributed by atoms with van der Waals surface area (Å²) >= 11 is 0. The van der Waals surface area contributed by atoms with Crippen LogP contribution in [0.15, 0.2) is 18.3 Å². The molecule has 1 aromatic rings. The quantitative estimate of drug-likeness (QED) is 0.782. The summed E-state index contributed by atoms with van der Waals surface area (Å²) in [7, 11) is 2.09. The van der Waals surface area contributed by atoms with Gasteiger partial charge >= 0.3 is 0 Å². The normalized spacial score (nSPS) is 12.4. The molecule has 0 aliphatic heterocycles. The summed E-state index contributed by atoms with van der Waals surface area (Å²) in [6.45, 7) is 11.3. The summed E-state index contributed by atoms with van der Waals surface area (Å²) in [6, 6.07) is 4.26. The van der Waals surface area contributed by atoms with Crippen LogP contribution in [0.4, 0.5) is 0 Å². The number of hydrogen-bond donors (Lipinski definition) is 1. The molecule has 2 heteroatoms. The van der Waals surface area contributed by atoms with Crippen molar-refractivity contribution in [3.8, 4) is 0 Å². The Hall–Kier alpha value is -0.760. The molecule has 0 spiro atoms. The van der Waals surface area contributed by atoms with Gasteiger partial charge in [0.05, 0.1) is 0 Å². The molecule has 0 unspecified atom stereocenters. The fourth-order valence-electron chi connectivity index (χ4n) is 2.39. The molecule has 0 aliphatic carbocycles. The van der Waals surface area contributed by atoms with Crippen molar-refractivity contribution in [3.05, 3.63) is 24.0 Å². The van der Waals surface area contributed by atoms with Crippen molar-refractivity contribution in [3.63, 3.8) is 0 Å². The van der Waals surface area contributed by atoms with Gasteiger partial charge in [0.25, 0.3) is 0 Å². The van der Waals surface area contributed by atoms with Gasteiger partial charge in [-0.1, -0.05) is 27.7 Å². The number of hydrogen-bond acceptors (Lipinski definition) is 1. The predicted molar refractivity (Wildman–Crippen MR) is 70.4 cm³/mol. The van der Waals surface area contributed by atoms with E-state index in [9.17, 15) is 0 Å².